The molecular formula is C40H66O7S. The standard InChI is InChI=1S/C40H66O7S/c1-3-5-7-9-11-13-15-17-19-21-23-25-27-29-34-46-39(41)36-32-31-33-37(48(43,44)45)38(36)40(42)47-35-30-28-26-24-22-20-18-16-14-12-10-8-6-4-2/h17-20,31-33H,3-16,21-30,34-35H2,1-2H3,(H,43,44,45)/b19-17+,20-18+. The maximum atomic E-state index is 13.0. The van der Waals surface area contributed by atoms with Crippen molar-refractivity contribution in [2.75, 3.05) is 13.2 Å². The van der Waals surface area contributed by atoms with Gasteiger partial charge in [-0.2, -0.15) is 8.42 Å². The highest BCUT2D eigenvalue weighted by molar-refractivity contribution is 7.86. The lowest BCUT2D eigenvalue weighted by Gasteiger charge is -2.13. The molecule has 0 spiro atoms. The molecule has 48 heavy (non-hydrogen) atoms. The Morgan fingerprint density at radius 2 is 0.938 bits per heavy atom. The summed E-state index contributed by atoms with van der Waals surface area (Å²) in [7, 11) is -4.77. The second-order valence-corrected chi connectivity index (χ2v) is 14.3. The summed E-state index contributed by atoms with van der Waals surface area (Å²) in [5.41, 5.74) is -0.702. The second kappa shape index (κ2) is 29.5. The van der Waals surface area contributed by atoms with Gasteiger partial charge in [0.2, 0.25) is 0 Å². The van der Waals surface area contributed by atoms with Crippen LogP contribution in [-0.2, 0) is 19.6 Å². The molecule has 0 bridgehead atoms. The average molecular weight is 691 g/mol. The zero-order chi connectivity index (χ0) is 35.1. The van der Waals surface area contributed by atoms with Crippen LogP contribution in [0.15, 0.2) is 47.4 Å². The number of rotatable bonds is 31. The predicted octanol–water partition coefficient (Wildman–Crippen LogP) is 11.8. The number of carbonyl (C=O) groups excluding carboxylic acids is 2. The fourth-order valence-corrected chi connectivity index (χ4v) is 6.30. The Kier molecular flexibility index (Phi) is 26.7. The van der Waals surface area contributed by atoms with Gasteiger partial charge >= 0.3 is 11.9 Å². The molecule has 1 aromatic carbocycles. The molecule has 0 atom stereocenters. The van der Waals surface area contributed by atoms with Gasteiger partial charge in [-0.3, -0.25) is 4.55 Å². The molecule has 274 valence electrons. The molecule has 0 saturated carbocycles. The number of carbonyl (C=O) groups is 2. The molecule has 0 aliphatic carbocycles. The van der Waals surface area contributed by atoms with E-state index in [2.05, 4.69) is 38.2 Å². The smallest absolute Gasteiger partial charge is 0.340 e. The first-order valence-corrected chi connectivity index (χ1v) is 20.5. The Labute approximate surface area is 293 Å². The van der Waals surface area contributed by atoms with E-state index in [4.69, 9.17) is 9.47 Å². The van der Waals surface area contributed by atoms with Crippen LogP contribution in [0.3, 0.4) is 0 Å². The van der Waals surface area contributed by atoms with Gasteiger partial charge in [0.1, 0.15) is 4.90 Å². The molecule has 0 amide bonds. The number of unbranched alkanes of at least 4 members (excludes halogenated alkanes) is 20. The minimum Gasteiger partial charge on any atom is -0.462 e. The minimum atomic E-state index is -4.77. The lowest BCUT2D eigenvalue weighted by molar-refractivity contribution is 0.0446. The van der Waals surface area contributed by atoms with Crippen molar-refractivity contribution in [3.05, 3.63) is 53.6 Å². The predicted molar refractivity (Wildman–Crippen MR) is 197 cm³/mol. The highest BCUT2D eigenvalue weighted by Gasteiger charge is 2.28. The van der Waals surface area contributed by atoms with Crippen LogP contribution in [0.4, 0.5) is 0 Å². The van der Waals surface area contributed by atoms with Gasteiger partial charge in [-0.1, -0.05) is 134 Å². The molecule has 7 nitrogen and oxygen atoms in total. The summed E-state index contributed by atoms with van der Waals surface area (Å²) in [4.78, 5) is 25.2. The number of ether oxygens (including phenoxy) is 2. The lowest BCUT2D eigenvalue weighted by atomic mass is 10.1. The summed E-state index contributed by atoms with van der Waals surface area (Å²) in [6, 6.07) is 3.72. The van der Waals surface area contributed by atoms with Crippen LogP contribution in [0.1, 0.15) is 189 Å². The Bertz CT molecular complexity index is 1140. The highest BCUT2D eigenvalue weighted by Crippen LogP contribution is 2.23. The van der Waals surface area contributed by atoms with E-state index in [0.29, 0.717) is 12.8 Å². The van der Waals surface area contributed by atoms with Gasteiger partial charge in [0, 0.05) is 0 Å². The molecule has 0 aliphatic heterocycles. The van der Waals surface area contributed by atoms with Gasteiger partial charge in [-0.25, -0.2) is 9.59 Å². The average Bonchev–Trinajstić information content (AvgIpc) is 3.07. The fourth-order valence-electron chi connectivity index (χ4n) is 5.60. The fraction of sp³-hybridized carbons (Fsp3) is 0.700. The molecule has 0 fully saturated rings. The molecule has 8 heteroatoms. The molecule has 1 rings (SSSR count). The largest absolute Gasteiger partial charge is 0.462 e. The monoisotopic (exact) mass is 690 g/mol. The first kappa shape index (κ1) is 43.6. The first-order valence-electron chi connectivity index (χ1n) is 19.1. The van der Waals surface area contributed by atoms with E-state index in [-0.39, 0.29) is 18.8 Å². The van der Waals surface area contributed by atoms with Crippen LogP contribution < -0.4 is 0 Å². The number of hydrogen-bond acceptors (Lipinski definition) is 6. The van der Waals surface area contributed by atoms with E-state index in [1.165, 1.54) is 89.2 Å². The summed E-state index contributed by atoms with van der Waals surface area (Å²) in [6.07, 6.45) is 36.3. The lowest BCUT2D eigenvalue weighted by Crippen LogP contribution is -2.19. The van der Waals surface area contributed by atoms with Crippen molar-refractivity contribution >= 4 is 22.1 Å². The van der Waals surface area contributed by atoms with Gasteiger partial charge < -0.3 is 9.47 Å². The minimum absolute atomic E-state index is 0.0925. The molecule has 0 saturated heterocycles. The van der Waals surface area contributed by atoms with Crippen molar-refractivity contribution in [2.24, 2.45) is 0 Å². The molecular weight excluding hydrogens is 624 g/mol. The van der Waals surface area contributed by atoms with Crippen molar-refractivity contribution in [3.8, 4) is 0 Å². The topological polar surface area (TPSA) is 107 Å². The van der Waals surface area contributed by atoms with Gasteiger partial charge in [0.05, 0.1) is 24.3 Å². The van der Waals surface area contributed by atoms with Crippen LogP contribution in [0, 0.1) is 0 Å². The third kappa shape index (κ3) is 22.2. The summed E-state index contributed by atoms with van der Waals surface area (Å²) >= 11 is 0. The molecule has 0 heterocycles. The second-order valence-electron chi connectivity index (χ2n) is 12.9. The van der Waals surface area contributed by atoms with E-state index in [9.17, 15) is 22.6 Å². The number of allylic oxidation sites excluding steroid dienone is 4. The maximum absolute atomic E-state index is 13.0. The maximum Gasteiger partial charge on any atom is 0.340 e. The van der Waals surface area contributed by atoms with Crippen LogP contribution in [-0.4, -0.2) is 38.1 Å². The van der Waals surface area contributed by atoms with Crippen LogP contribution in [0.2, 0.25) is 0 Å². The Morgan fingerprint density at radius 3 is 1.35 bits per heavy atom. The van der Waals surface area contributed by atoms with E-state index >= 15 is 0 Å². The summed E-state index contributed by atoms with van der Waals surface area (Å²) in [6.45, 7) is 4.72. The van der Waals surface area contributed by atoms with E-state index in [1.807, 2.05) is 0 Å². The van der Waals surface area contributed by atoms with Crippen LogP contribution in [0.25, 0.3) is 0 Å². The van der Waals surface area contributed by atoms with Crippen LogP contribution in [0.5, 0.6) is 0 Å². The number of benzene rings is 1. The Hall–Kier alpha value is -2.45. The van der Waals surface area contributed by atoms with Crippen molar-refractivity contribution in [1.29, 1.82) is 0 Å². The molecule has 1 N–H and O–H groups in total. The molecule has 1 aromatic rings. The van der Waals surface area contributed by atoms with Crippen molar-refractivity contribution in [2.45, 2.75) is 173 Å². The Balaban J connectivity index is 2.36. The number of hydrogen-bond donors (Lipinski definition) is 1. The molecule has 0 aliphatic rings. The summed E-state index contributed by atoms with van der Waals surface area (Å²) < 4.78 is 44.6. The third-order valence-corrected chi connectivity index (χ3v) is 9.40. The Morgan fingerprint density at radius 1 is 0.562 bits per heavy atom. The molecule has 0 aromatic heterocycles. The van der Waals surface area contributed by atoms with Crippen molar-refractivity contribution in [1.82, 2.24) is 0 Å². The zero-order valence-electron chi connectivity index (χ0n) is 30.2. The van der Waals surface area contributed by atoms with E-state index < -0.39 is 32.5 Å². The zero-order valence-corrected chi connectivity index (χ0v) is 31.0. The van der Waals surface area contributed by atoms with Crippen molar-refractivity contribution in [3.63, 3.8) is 0 Å². The van der Waals surface area contributed by atoms with Gasteiger partial charge in [-0.15, -0.1) is 0 Å². The highest BCUT2D eigenvalue weighted by atomic mass is 32.2. The molecule has 0 unspecified atom stereocenters. The molecule has 0 radical (unpaired) electrons. The van der Waals surface area contributed by atoms with Gasteiger partial charge in [0.15, 0.2) is 0 Å². The van der Waals surface area contributed by atoms with Crippen molar-refractivity contribution < 1.29 is 32.0 Å². The number of esters is 2. The third-order valence-electron chi connectivity index (χ3n) is 8.51. The van der Waals surface area contributed by atoms with E-state index in [1.54, 1.807) is 0 Å². The SMILES string of the molecule is CCCCCCCC/C=C/CCCCCCOC(=O)c1cccc(S(=O)(=O)O)c1C(=O)OCCCCCC/C=C/CCCCCCCC. The van der Waals surface area contributed by atoms with E-state index in [0.717, 1.165) is 70.3 Å². The summed E-state index contributed by atoms with van der Waals surface area (Å²) in [5, 5.41) is 0. The normalized spacial score (nSPS) is 11.9. The van der Waals surface area contributed by atoms with Gasteiger partial charge in [-0.05, 0) is 76.3 Å². The summed E-state index contributed by atoms with van der Waals surface area (Å²) in [5.74, 6) is -1.77. The van der Waals surface area contributed by atoms with Gasteiger partial charge in [0.25, 0.3) is 10.1 Å². The quantitative estimate of drug-likeness (QED) is 0.0357. The van der Waals surface area contributed by atoms with Crippen LogP contribution >= 0.6 is 0 Å². The first-order chi connectivity index (χ1) is 23.3.